The lowest BCUT2D eigenvalue weighted by molar-refractivity contribution is 0.510. The van der Waals surface area contributed by atoms with Crippen molar-refractivity contribution in [1.29, 1.82) is 0 Å². The number of hydrogen-bond donors (Lipinski definition) is 1. The largest absolute Gasteiger partial charge is 0.330 e. The Morgan fingerprint density at radius 3 is 2.50 bits per heavy atom. The van der Waals surface area contributed by atoms with Gasteiger partial charge in [0.15, 0.2) is 9.84 Å². The van der Waals surface area contributed by atoms with Crippen LogP contribution >= 0.6 is 23.2 Å². The first-order valence-electron chi connectivity index (χ1n) is 5.76. The van der Waals surface area contributed by atoms with Gasteiger partial charge in [0, 0.05) is 5.02 Å². The summed E-state index contributed by atoms with van der Waals surface area (Å²) in [5.41, 5.74) is 5.38. The highest BCUT2D eigenvalue weighted by atomic mass is 35.5. The van der Waals surface area contributed by atoms with Crippen molar-refractivity contribution in [3.63, 3.8) is 0 Å². The summed E-state index contributed by atoms with van der Waals surface area (Å²) in [7, 11) is -3.40. The van der Waals surface area contributed by atoms with Crippen LogP contribution in [-0.4, -0.2) is 20.7 Å². The minimum atomic E-state index is -3.40. The zero-order valence-corrected chi connectivity index (χ0v) is 12.2. The number of nitrogens with two attached hydrogens (primary N) is 1. The summed E-state index contributed by atoms with van der Waals surface area (Å²) in [6.45, 7) is 0.513. The summed E-state index contributed by atoms with van der Waals surface area (Å²) in [5.74, 6) is 0.108. The second-order valence-electron chi connectivity index (χ2n) is 4.87. The molecule has 0 spiro atoms. The third-order valence-electron chi connectivity index (χ3n) is 3.36. The fourth-order valence-corrected chi connectivity index (χ4v) is 4.92. The molecule has 2 N–H and O–H groups in total. The second kappa shape index (κ2) is 5.00. The van der Waals surface area contributed by atoms with Crippen LogP contribution in [-0.2, 0) is 9.84 Å². The third-order valence-corrected chi connectivity index (χ3v) is 6.03. The van der Waals surface area contributed by atoms with Crippen LogP contribution in [0.2, 0.25) is 10.0 Å². The van der Waals surface area contributed by atoms with Gasteiger partial charge in [-0.05, 0) is 49.4 Å². The lowest BCUT2D eigenvalue weighted by Gasteiger charge is -2.15. The van der Waals surface area contributed by atoms with Crippen LogP contribution in [0.3, 0.4) is 0 Å². The van der Waals surface area contributed by atoms with E-state index in [1.165, 1.54) is 12.1 Å². The number of benzene rings is 1. The van der Waals surface area contributed by atoms with Crippen LogP contribution in [0.4, 0.5) is 0 Å². The first kappa shape index (κ1) is 14.1. The molecule has 6 heteroatoms. The van der Waals surface area contributed by atoms with Gasteiger partial charge in [0.2, 0.25) is 0 Å². The van der Waals surface area contributed by atoms with Gasteiger partial charge >= 0.3 is 0 Å². The van der Waals surface area contributed by atoms with Gasteiger partial charge in [-0.25, -0.2) is 8.42 Å². The number of hydrogen-bond acceptors (Lipinski definition) is 3. The van der Waals surface area contributed by atoms with E-state index < -0.39 is 9.84 Å². The molecule has 18 heavy (non-hydrogen) atoms. The van der Waals surface area contributed by atoms with Gasteiger partial charge in [-0.3, -0.25) is 0 Å². The Morgan fingerprint density at radius 2 is 1.94 bits per heavy atom. The van der Waals surface area contributed by atoms with Crippen molar-refractivity contribution in [2.75, 3.05) is 12.3 Å². The highest BCUT2D eigenvalue weighted by molar-refractivity contribution is 7.91. The van der Waals surface area contributed by atoms with Gasteiger partial charge in [-0.15, -0.1) is 0 Å². The lowest BCUT2D eigenvalue weighted by atomic mass is 10.1. The topological polar surface area (TPSA) is 60.2 Å². The molecule has 0 radical (unpaired) electrons. The van der Waals surface area contributed by atoms with Crippen molar-refractivity contribution in [1.82, 2.24) is 0 Å². The maximum absolute atomic E-state index is 12.4. The minimum Gasteiger partial charge on any atom is -0.330 e. The van der Waals surface area contributed by atoms with E-state index in [-0.39, 0.29) is 21.1 Å². The molecule has 1 aromatic rings. The Balaban J connectivity index is 2.29. The number of rotatable bonds is 5. The Kier molecular flexibility index (Phi) is 3.93. The monoisotopic (exact) mass is 307 g/mol. The molecule has 1 fully saturated rings. The Labute approximate surface area is 117 Å². The summed E-state index contributed by atoms with van der Waals surface area (Å²) < 4.78 is 24.7. The lowest BCUT2D eigenvalue weighted by Crippen LogP contribution is -2.20. The highest BCUT2D eigenvalue weighted by Gasteiger charge is 2.45. The number of sulfone groups is 1. The van der Waals surface area contributed by atoms with E-state index in [0.29, 0.717) is 11.6 Å². The summed E-state index contributed by atoms with van der Waals surface area (Å²) >= 11 is 11.8. The molecular weight excluding hydrogens is 293 g/mol. The molecule has 0 heterocycles. The Morgan fingerprint density at radius 1 is 1.28 bits per heavy atom. The maximum Gasteiger partial charge on any atom is 0.180 e. The van der Waals surface area contributed by atoms with Crippen LogP contribution in [0, 0.1) is 5.41 Å². The third kappa shape index (κ3) is 2.99. The molecule has 100 valence electrons. The fourth-order valence-electron chi connectivity index (χ4n) is 2.15. The zero-order valence-electron chi connectivity index (χ0n) is 9.83. The van der Waals surface area contributed by atoms with Gasteiger partial charge in [-0.2, -0.15) is 0 Å². The van der Waals surface area contributed by atoms with Crippen LogP contribution in [0.1, 0.15) is 19.3 Å². The Bertz CT molecular complexity index is 553. The normalized spacial score (nSPS) is 17.7. The molecule has 0 aromatic heterocycles. The standard InChI is InChI=1S/C12H15Cl2NO2S/c13-9-1-2-10(14)11(7-9)18(16,17)8-12(3-4-12)5-6-15/h1-2,7H,3-6,8,15H2. The van der Waals surface area contributed by atoms with E-state index in [0.717, 1.165) is 19.3 Å². The van der Waals surface area contributed by atoms with Gasteiger partial charge in [0.05, 0.1) is 15.7 Å². The maximum atomic E-state index is 12.4. The molecule has 2 rings (SSSR count). The average molecular weight is 308 g/mol. The molecular formula is C12H15Cl2NO2S. The molecule has 0 saturated heterocycles. The molecule has 3 nitrogen and oxygen atoms in total. The zero-order chi connectivity index (χ0) is 13.4. The number of halogens is 2. The second-order valence-corrected chi connectivity index (χ2v) is 7.67. The van der Waals surface area contributed by atoms with Crippen molar-refractivity contribution >= 4 is 33.0 Å². The van der Waals surface area contributed by atoms with Crippen molar-refractivity contribution in [3.05, 3.63) is 28.2 Å². The van der Waals surface area contributed by atoms with Crippen molar-refractivity contribution in [2.24, 2.45) is 11.1 Å². The predicted octanol–water partition coefficient (Wildman–Crippen LogP) is 2.90. The summed E-state index contributed by atoms with van der Waals surface area (Å²) in [6, 6.07) is 4.51. The predicted molar refractivity (Wildman–Crippen MR) is 73.9 cm³/mol. The molecule has 1 aliphatic rings. The minimum absolute atomic E-state index is 0.108. The van der Waals surface area contributed by atoms with Gasteiger partial charge < -0.3 is 5.73 Å². The van der Waals surface area contributed by atoms with E-state index in [1.807, 2.05) is 0 Å². The molecule has 1 aromatic carbocycles. The summed E-state index contributed by atoms with van der Waals surface area (Å²) in [4.78, 5) is 0.125. The molecule has 0 aliphatic heterocycles. The summed E-state index contributed by atoms with van der Waals surface area (Å²) in [5, 5.41) is 0.601. The quantitative estimate of drug-likeness (QED) is 0.910. The molecule has 0 unspecified atom stereocenters. The van der Waals surface area contributed by atoms with E-state index in [4.69, 9.17) is 28.9 Å². The molecule has 1 saturated carbocycles. The smallest absolute Gasteiger partial charge is 0.180 e. The Hall–Kier alpha value is -0.290. The van der Waals surface area contributed by atoms with Crippen LogP contribution in [0.25, 0.3) is 0 Å². The first-order chi connectivity index (χ1) is 8.38. The molecule has 0 atom stereocenters. The van der Waals surface area contributed by atoms with Gasteiger partial charge in [0.25, 0.3) is 0 Å². The van der Waals surface area contributed by atoms with Crippen LogP contribution in [0.5, 0.6) is 0 Å². The van der Waals surface area contributed by atoms with E-state index in [9.17, 15) is 8.42 Å². The van der Waals surface area contributed by atoms with Gasteiger partial charge in [0.1, 0.15) is 0 Å². The molecule has 1 aliphatic carbocycles. The van der Waals surface area contributed by atoms with E-state index in [1.54, 1.807) is 6.07 Å². The SMILES string of the molecule is NCCC1(CS(=O)(=O)c2cc(Cl)ccc2Cl)CC1. The highest BCUT2D eigenvalue weighted by Crippen LogP contribution is 2.50. The van der Waals surface area contributed by atoms with Crippen LogP contribution in [0.15, 0.2) is 23.1 Å². The fraction of sp³-hybridized carbons (Fsp3) is 0.500. The van der Waals surface area contributed by atoms with Crippen LogP contribution < -0.4 is 5.73 Å². The van der Waals surface area contributed by atoms with E-state index in [2.05, 4.69) is 0 Å². The van der Waals surface area contributed by atoms with Crippen molar-refractivity contribution < 1.29 is 8.42 Å². The average Bonchev–Trinajstić information content (AvgIpc) is 3.01. The summed E-state index contributed by atoms with van der Waals surface area (Å²) in [6.07, 6.45) is 2.58. The molecule has 0 bridgehead atoms. The first-order valence-corrected chi connectivity index (χ1v) is 8.17. The molecule has 0 amide bonds. The van der Waals surface area contributed by atoms with Crippen molar-refractivity contribution in [3.8, 4) is 0 Å². The van der Waals surface area contributed by atoms with Crippen molar-refractivity contribution in [2.45, 2.75) is 24.2 Å². The van der Waals surface area contributed by atoms with E-state index >= 15 is 0 Å². The van der Waals surface area contributed by atoms with Gasteiger partial charge in [-0.1, -0.05) is 23.2 Å².